The summed E-state index contributed by atoms with van der Waals surface area (Å²) < 4.78 is 35.1. The van der Waals surface area contributed by atoms with Gasteiger partial charge in [-0.05, 0) is 6.92 Å². The number of halogens is 3. The van der Waals surface area contributed by atoms with E-state index in [0.29, 0.717) is 5.70 Å². The van der Waals surface area contributed by atoms with Gasteiger partial charge in [-0.3, -0.25) is 5.01 Å². The van der Waals surface area contributed by atoms with Gasteiger partial charge < -0.3 is 5.43 Å². The van der Waals surface area contributed by atoms with Crippen molar-refractivity contribution in [2.75, 3.05) is 6.54 Å². The highest BCUT2D eigenvalue weighted by molar-refractivity contribution is 4.97. The van der Waals surface area contributed by atoms with Crippen LogP contribution in [-0.2, 0) is 0 Å². The Labute approximate surface area is 61.8 Å². The third kappa shape index (κ3) is 2.67. The summed E-state index contributed by atoms with van der Waals surface area (Å²) in [5.41, 5.74) is 5.52. The number of allylic oxidation sites excluding steroid dienone is 1. The van der Waals surface area contributed by atoms with Crippen LogP contribution in [0.15, 0.2) is 11.9 Å². The fraction of sp³-hybridized carbons (Fsp3) is 0.600. The molecule has 0 saturated carbocycles. The molecule has 0 radical (unpaired) electrons. The molecule has 0 fully saturated rings. The molecule has 0 atom stereocenters. The maximum Gasteiger partial charge on any atom is 0.407 e. The number of rotatable bonds is 1. The molecular formula is C5H8F3N3. The van der Waals surface area contributed by atoms with Crippen LogP contribution in [0.1, 0.15) is 6.92 Å². The Bertz CT molecular complexity index is 174. The first-order valence-electron chi connectivity index (χ1n) is 3.01. The first-order chi connectivity index (χ1) is 4.97. The number of hydrogen-bond donors (Lipinski definition) is 2. The molecule has 1 aliphatic rings. The molecule has 0 amide bonds. The van der Waals surface area contributed by atoms with Gasteiger partial charge in [-0.2, -0.15) is 13.2 Å². The van der Waals surface area contributed by atoms with E-state index in [1.165, 1.54) is 6.20 Å². The first kappa shape index (κ1) is 8.19. The van der Waals surface area contributed by atoms with Gasteiger partial charge in [0.15, 0.2) is 0 Å². The molecule has 1 aliphatic heterocycles. The average molecular weight is 167 g/mol. The van der Waals surface area contributed by atoms with Gasteiger partial charge >= 0.3 is 6.18 Å². The SMILES string of the molecule is CC1=CN(CC(F)(F)F)NN1. The Kier molecular flexibility index (Phi) is 1.95. The molecule has 0 aromatic carbocycles. The zero-order valence-corrected chi connectivity index (χ0v) is 5.87. The number of hydrogen-bond acceptors (Lipinski definition) is 3. The average Bonchev–Trinajstić information content (AvgIpc) is 2.10. The third-order valence-corrected chi connectivity index (χ3v) is 1.10. The highest BCUT2D eigenvalue weighted by atomic mass is 19.4. The van der Waals surface area contributed by atoms with Gasteiger partial charge in [-0.15, -0.1) is 5.53 Å². The van der Waals surface area contributed by atoms with E-state index >= 15 is 0 Å². The van der Waals surface area contributed by atoms with Gasteiger partial charge in [0.1, 0.15) is 6.54 Å². The van der Waals surface area contributed by atoms with Crippen LogP contribution in [0, 0.1) is 0 Å². The molecule has 64 valence electrons. The van der Waals surface area contributed by atoms with Crippen molar-refractivity contribution >= 4 is 0 Å². The van der Waals surface area contributed by atoms with Crippen LogP contribution in [0.5, 0.6) is 0 Å². The van der Waals surface area contributed by atoms with E-state index in [-0.39, 0.29) is 0 Å². The van der Waals surface area contributed by atoms with Gasteiger partial charge in [0.25, 0.3) is 0 Å². The van der Waals surface area contributed by atoms with Crippen molar-refractivity contribution < 1.29 is 13.2 Å². The number of hydrazine groups is 2. The smallest absolute Gasteiger partial charge is 0.307 e. The Morgan fingerprint density at radius 2 is 2.18 bits per heavy atom. The van der Waals surface area contributed by atoms with Crippen LogP contribution < -0.4 is 11.0 Å². The molecule has 1 heterocycles. The van der Waals surface area contributed by atoms with Gasteiger partial charge in [0.2, 0.25) is 0 Å². The lowest BCUT2D eigenvalue weighted by atomic mass is 10.5. The minimum Gasteiger partial charge on any atom is -0.307 e. The second-order valence-corrected chi connectivity index (χ2v) is 2.29. The molecule has 0 unspecified atom stereocenters. The quantitative estimate of drug-likeness (QED) is 0.603. The summed E-state index contributed by atoms with van der Waals surface area (Å²) >= 11 is 0. The van der Waals surface area contributed by atoms with Gasteiger partial charge in [0.05, 0.1) is 0 Å². The maximum atomic E-state index is 11.7. The molecular weight excluding hydrogens is 159 g/mol. The molecule has 2 N–H and O–H groups in total. The Hall–Kier alpha value is -0.910. The van der Waals surface area contributed by atoms with Gasteiger partial charge in [0, 0.05) is 11.9 Å². The predicted molar refractivity (Wildman–Crippen MR) is 32.8 cm³/mol. The van der Waals surface area contributed by atoms with Crippen molar-refractivity contribution in [2.24, 2.45) is 0 Å². The second-order valence-electron chi connectivity index (χ2n) is 2.29. The van der Waals surface area contributed by atoms with E-state index in [1.807, 2.05) is 0 Å². The monoisotopic (exact) mass is 167 g/mol. The molecule has 3 nitrogen and oxygen atoms in total. The topological polar surface area (TPSA) is 27.3 Å². The second kappa shape index (κ2) is 2.61. The maximum absolute atomic E-state index is 11.7. The van der Waals surface area contributed by atoms with E-state index in [0.717, 1.165) is 5.01 Å². The van der Waals surface area contributed by atoms with E-state index in [4.69, 9.17) is 0 Å². The van der Waals surface area contributed by atoms with Crippen LogP contribution in [0.4, 0.5) is 13.2 Å². The van der Waals surface area contributed by atoms with Crippen molar-refractivity contribution in [3.8, 4) is 0 Å². The molecule has 0 aromatic rings. The molecule has 6 heteroatoms. The summed E-state index contributed by atoms with van der Waals surface area (Å²) in [6.45, 7) is 0.681. The summed E-state index contributed by atoms with van der Waals surface area (Å²) in [7, 11) is 0. The van der Waals surface area contributed by atoms with E-state index in [2.05, 4.69) is 11.0 Å². The summed E-state index contributed by atoms with van der Waals surface area (Å²) in [6.07, 6.45) is -2.82. The largest absolute Gasteiger partial charge is 0.407 e. The Morgan fingerprint density at radius 1 is 1.55 bits per heavy atom. The molecule has 0 aromatic heterocycles. The fourth-order valence-electron chi connectivity index (χ4n) is 0.737. The lowest BCUT2D eigenvalue weighted by Gasteiger charge is -2.16. The minimum atomic E-state index is -4.17. The minimum absolute atomic E-state index is 0.661. The predicted octanol–water partition coefficient (Wildman–Crippen LogP) is 0.735. The van der Waals surface area contributed by atoms with Crippen molar-refractivity contribution in [2.45, 2.75) is 13.1 Å². The van der Waals surface area contributed by atoms with Gasteiger partial charge in [-0.1, -0.05) is 0 Å². The molecule has 11 heavy (non-hydrogen) atoms. The van der Waals surface area contributed by atoms with E-state index in [1.54, 1.807) is 6.92 Å². The normalized spacial score (nSPS) is 18.2. The van der Waals surface area contributed by atoms with Crippen LogP contribution in [-0.4, -0.2) is 17.7 Å². The fourth-order valence-corrected chi connectivity index (χ4v) is 0.737. The lowest BCUT2D eigenvalue weighted by molar-refractivity contribution is -0.145. The standard InChI is InChI=1S/C5H8F3N3/c1-4-2-11(10-9-4)3-5(6,7)8/h2,9-10H,3H2,1H3. The highest BCUT2D eigenvalue weighted by Gasteiger charge is 2.30. The van der Waals surface area contributed by atoms with Crippen molar-refractivity contribution in [3.05, 3.63) is 11.9 Å². The van der Waals surface area contributed by atoms with Crippen LogP contribution in [0.2, 0.25) is 0 Å². The molecule has 1 rings (SSSR count). The molecule has 0 saturated heterocycles. The van der Waals surface area contributed by atoms with E-state index < -0.39 is 12.7 Å². The van der Waals surface area contributed by atoms with Crippen LogP contribution in [0.3, 0.4) is 0 Å². The van der Waals surface area contributed by atoms with Crippen LogP contribution in [0.25, 0.3) is 0 Å². The number of nitrogens with zero attached hydrogens (tertiary/aromatic N) is 1. The van der Waals surface area contributed by atoms with Crippen molar-refractivity contribution in [1.29, 1.82) is 0 Å². The number of nitrogens with one attached hydrogen (secondary N) is 2. The number of alkyl halides is 3. The molecule has 0 spiro atoms. The van der Waals surface area contributed by atoms with Crippen molar-refractivity contribution in [3.63, 3.8) is 0 Å². The summed E-state index contributed by atoms with van der Waals surface area (Å²) in [6, 6.07) is 0. The third-order valence-electron chi connectivity index (χ3n) is 1.10. The Balaban J connectivity index is 2.40. The first-order valence-corrected chi connectivity index (χ1v) is 3.01. The Morgan fingerprint density at radius 3 is 2.55 bits per heavy atom. The zero-order chi connectivity index (χ0) is 8.48. The zero-order valence-electron chi connectivity index (χ0n) is 5.87. The van der Waals surface area contributed by atoms with Crippen molar-refractivity contribution in [1.82, 2.24) is 16.0 Å². The molecule has 0 aliphatic carbocycles. The van der Waals surface area contributed by atoms with Crippen LogP contribution >= 0.6 is 0 Å². The highest BCUT2D eigenvalue weighted by Crippen LogP contribution is 2.16. The lowest BCUT2D eigenvalue weighted by Crippen LogP contribution is -2.41. The van der Waals surface area contributed by atoms with Gasteiger partial charge in [-0.25, -0.2) is 0 Å². The molecule has 0 bridgehead atoms. The summed E-state index contributed by atoms with van der Waals surface area (Å²) in [5.74, 6) is 0. The van der Waals surface area contributed by atoms with E-state index in [9.17, 15) is 13.2 Å². The summed E-state index contributed by atoms with van der Waals surface area (Å²) in [5, 5.41) is 0.940. The summed E-state index contributed by atoms with van der Waals surface area (Å²) in [4.78, 5) is 0.